The SMILES string of the molecule is CC(C(=O)N/C(O)=C/C(=N)c1ccc(Cl)cc1Cl)c1ccc(-c2nn(C3(C)CC3)c(N)c2C#N)nc1. The standard InChI is InChI=1S/C25H23Cl2N7O2/c1-13(24(36)32-21(35)10-19(29)16-5-4-15(26)9-18(16)27)14-3-6-20(31-12-14)22-17(11-28)23(30)34(33-22)25(2)7-8-25/h3-6,9-10,12-13,29,35H,7-8,30H2,1-2H3,(H,32,36)/b21-10-,29-19?. The van der Waals surface area contributed by atoms with Gasteiger partial charge >= 0.3 is 0 Å². The van der Waals surface area contributed by atoms with E-state index in [9.17, 15) is 15.2 Å². The number of carbonyl (C=O) groups excluding carboxylic acids is 1. The van der Waals surface area contributed by atoms with Gasteiger partial charge in [-0.15, -0.1) is 0 Å². The van der Waals surface area contributed by atoms with Crippen LogP contribution in [0.5, 0.6) is 0 Å². The molecule has 2 heterocycles. The second-order valence-corrected chi connectivity index (χ2v) is 9.73. The number of hydrogen-bond acceptors (Lipinski definition) is 7. The molecule has 1 aliphatic rings. The molecule has 3 aromatic rings. The molecule has 1 unspecified atom stereocenters. The molecule has 1 amide bonds. The number of allylic oxidation sites excluding steroid dienone is 1. The number of nitrogens with one attached hydrogen (secondary N) is 2. The first-order valence-electron chi connectivity index (χ1n) is 11.0. The topological polar surface area (TPSA) is 154 Å². The Balaban J connectivity index is 1.47. The minimum atomic E-state index is -0.668. The number of anilines is 1. The Labute approximate surface area is 217 Å². The van der Waals surface area contributed by atoms with E-state index in [0.29, 0.717) is 33.4 Å². The van der Waals surface area contributed by atoms with Crippen LogP contribution < -0.4 is 11.1 Å². The number of amides is 1. The molecule has 1 saturated carbocycles. The quantitative estimate of drug-likeness (QED) is 0.255. The lowest BCUT2D eigenvalue weighted by atomic mass is 10.0. The molecule has 184 valence electrons. The van der Waals surface area contributed by atoms with Crippen LogP contribution in [0, 0.1) is 16.7 Å². The van der Waals surface area contributed by atoms with E-state index < -0.39 is 17.7 Å². The zero-order chi connectivity index (χ0) is 26.2. The number of aliphatic hydroxyl groups is 1. The first-order chi connectivity index (χ1) is 17.0. The molecule has 2 aromatic heterocycles. The second-order valence-electron chi connectivity index (χ2n) is 8.88. The van der Waals surface area contributed by atoms with Gasteiger partial charge in [-0.2, -0.15) is 10.4 Å². The van der Waals surface area contributed by atoms with Crippen LogP contribution in [0.15, 0.2) is 48.5 Å². The number of carbonyl (C=O) groups is 1. The summed E-state index contributed by atoms with van der Waals surface area (Å²) in [5.41, 5.74) is 7.96. The second kappa shape index (κ2) is 9.64. The van der Waals surface area contributed by atoms with Crippen LogP contribution >= 0.6 is 23.2 Å². The third kappa shape index (κ3) is 4.91. The molecular formula is C25H23Cl2N7O2. The molecular weight excluding hydrogens is 501 g/mol. The summed E-state index contributed by atoms with van der Waals surface area (Å²) in [6, 6.07) is 10.1. The largest absolute Gasteiger partial charge is 0.494 e. The molecule has 1 aromatic carbocycles. The van der Waals surface area contributed by atoms with Gasteiger partial charge in [-0.1, -0.05) is 29.3 Å². The number of nitrogens with two attached hydrogens (primary N) is 1. The number of aliphatic hydroxyl groups excluding tert-OH is 1. The number of benzene rings is 1. The van der Waals surface area contributed by atoms with Gasteiger partial charge in [-0.05, 0) is 56.5 Å². The summed E-state index contributed by atoms with van der Waals surface area (Å²) in [5.74, 6) is -1.35. The van der Waals surface area contributed by atoms with Crippen molar-refractivity contribution in [2.45, 2.75) is 38.1 Å². The van der Waals surface area contributed by atoms with E-state index in [1.165, 1.54) is 12.3 Å². The lowest BCUT2D eigenvalue weighted by Crippen LogP contribution is -2.28. The number of pyridine rings is 1. The van der Waals surface area contributed by atoms with Crippen molar-refractivity contribution in [3.8, 4) is 17.5 Å². The Hall–Kier alpha value is -3.87. The molecule has 4 rings (SSSR count). The maximum absolute atomic E-state index is 12.7. The van der Waals surface area contributed by atoms with E-state index in [4.69, 9.17) is 34.3 Å². The molecule has 0 spiro atoms. The van der Waals surface area contributed by atoms with E-state index in [-0.39, 0.29) is 21.8 Å². The van der Waals surface area contributed by atoms with E-state index in [1.54, 1.807) is 35.9 Å². The third-order valence-electron chi connectivity index (χ3n) is 6.19. The fourth-order valence-corrected chi connectivity index (χ4v) is 4.18. The van der Waals surface area contributed by atoms with Crippen molar-refractivity contribution in [2.75, 3.05) is 5.73 Å². The fraction of sp³-hybridized carbons (Fsp3) is 0.240. The van der Waals surface area contributed by atoms with Crippen LogP contribution in [0.3, 0.4) is 0 Å². The number of aromatic nitrogens is 3. The van der Waals surface area contributed by atoms with Crippen molar-refractivity contribution in [1.82, 2.24) is 20.1 Å². The zero-order valence-electron chi connectivity index (χ0n) is 19.5. The van der Waals surface area contributed by atoms with Crippen LogP contribution in [0.1, 0.15) is 49.3 Å². The van der Waals surface area contributed by atoms with Gasteiger partial charge in [0.05, 0.1) is 27.9 Å². The molecule has 0 aliphatic heterocycles. The van der Waals surface area contributed by atoms with Crippen molar-refractivity contribution in [3.63, 3.8) is 0 Å². The van der Waals surface area contributed by atoms with Crippen molar-refractivity contribution in [3.05, 3.63) is 75.2 Å². The number of nitrogen functional groups attached to an aromatic ring is 1. The van der Waals surface area contributed by atoms with E-state index >= 15 is 0 Å². The molecule has 0 bridgehead atoms. The molecule has 1 aliphatic carbocycles. The Morgan fingerprint density at radius 2 is 2.08 bits per heavy atom. The van der Waals surface area contributed by atoms with Gasteiger partial charge in [0.2, 0.25) is 5.91 Å². The Morgan fingerprint density at radius 3 is 2.67 bits per heavy atom. The molecule has 11 heteroatoms. The lowest BCUT2D eigenvalue weighted by Gasteiger charge is -2.12. The molecule has 1 atom stereocenters. The van der Waals surface area contributed by atoms with Crippen LogP contribution in [-0.2, 0) is 10.3 Å². The maximum Gasteiger partial charge on any atom is 0.233 e. The smallest absolute Gasteiger partial charge is 0.233 e. The average Bonchev–Trinajstić information content (AvgIpc) is 3.48. The number of nitrogens with zero attached hydrogens (tertiary/aromatic N) is 4. The van der Waals surface area contributed by atoms with E-state index in [0.717, 1.165) is 18.9 Å². The Bertz CT molecular complexity index is 1430. The number of hydrogen-bond donors (Lipinski definition) is 4. The summed E-state index contributed by atoms with van der Waals surface area (Å²) >= 11 is 12.0. The highest BCUT2D eigenvalue weighted by molar-refractivity contribution is 6.37. The minimum Gasteiger partial charge on any atom is -0.494 e. The summed E-state index contributed by atoms with van der Waals surface area (Å²) in [4.78, 5) is 17.1. The fourth-order valence-electron chi connectivity index (χ4n) is 3.67. The summed E-state index contributed by atoms with van der Waals surface area (Å²) in [7, 11) is 0. The van der Waals surface area contributed by atoms with Crippen LogP contribution in [-0.4, -0.2) is 31.5 Å². The molecule has 0 radical (unpaired) electrons. The average molecular weight is 524 g/mol. The van der Waals surface area contributed by atoms with Crippen molar-refractivity contribution in [2.24, 2.45) is 0 Å². The van der Waals surface area contributed by atoms with Gasteiger partial charge in [0.1, 0.15) is 23.1 Å². The van der Waals surface area contributed by atoms with Gasteiger partial charge in [0.25, 0.3) is 0 Å². The van der Waals surface area contributed by atoms with Crippen LogP contribution in [0.25, 0.3) is 11.4 Å². The number of nitriles is 1. The first kappa shape index (κ1) is 25.2. The predicted molar refractivity (Wildman–Crippen MR) is 138 cm³/mol. The van der Waals surface area contributed by atoms with Crippen molar-refractivity contribution >= 4 is 40.6 Å². The highest BCUT2D eigenvalue weighted by Gasteiger charge is 2.43. The minimum absolute atomic E-state index is 0.0970. The van der Waals surface area contributed by atoms with Crippen LogP contribution in [0.2, 0.25) is 10.0 Å². The van der Waals surface area contributed by atoms with Gasteiger partial charge in [-0.3, -0.25) is 15.1 Å². The summed E-state index contributed by atoms with van der Waals surface area (Å²) in [6.45, 7) is 3.69. The summed E-state index contributed by atoms with van der Waals surface area (Å²) in [6.07, 6.45) is 4.49. The van der Waals surface area contributed by atoms with Crippen molar-refractivity contribution in [1.29, 1.82) is 10.7 Å². The van der Waals surface area contributed by atoms with Crippen LogP contribution in [0.4, 0.5) is 5.82 Å². The van der Waals surface area contributed by atoms with Gasteiger partial charge in [0.15, 0.2) is 5.88 Å². The monoisotopic (exact) mass is 523 g/mol. The molecule has 9 nitrogen and oxygen atoms in total. The maximum atomic E-state index is 12.7. The van der Waals surface area contributed by atoms with Gasteiger partial charge < -0.3 is 16.2 Å². The van der Waals surface area contributed by atoms with E-state index in [2.05, 4.69) is 21.5 Å². The van der Waals surface area contributed by atoms with Gasteiger partial charge in [-0.25, -0.2) is 4.68 Å². The molecule has 5 N–H and O–H groups in total. The zero-order valence-corrected chi connectivity index (χ0v) is 21.0. The normalized spacial score (nSPS) is 15.1. The third-order valence-corrected chi connectivity index (χ3v) is 6.74. The first-order valence-corrected chi connectivity index (χ1v) is 11.8. The summed E-state index contributed by atoms with van der Waals surface area (Å²) < 4.78 is 1.69. The highest BCUT2D eigenvalue weighted by atomic mass is 35.5. The number of rotatable bonds is 7. The predicted octanol–water partition coefficient (Wildman–Crippen LogP) is 4.90. The van der Waals surface area contributed by atoms with E-state index in [1.807, 2.05) is 6.92 Å². The lowest BCUT2D eigenvalue weighted by molar-refractivity contribution is -0.122. The van der Waals surface area contributed by atoms with Crippen molar-refractivity contribution < 1.29 is 9.90 Å². The Kier molecular flexibility index (Phi) is 6.76. The molecule has 0 saturated heterocycles. The number of halogens is 2. The molecule has 1 fully saturated rings. The van der Waals surface area contributed by atoms with Gasteiger partial charge in [0, 0.05) is 22.9 Å². The Morgan fingerprint density at radius 1 is 1.36 bits per heavy atom. The highest BCUT2D eigenvalue weighted by Crippen LogP contribution is 2.45. The summed E-state index contributed by atoms with van der Waals surface area (Å²) in [5, 5.41) is 35.5. The molecule has 36 heavy (non-hydrogen) atoms.